The number of amides is 1. The van der Waals surface area contributed by atoms with Crippen molar-refractivity contribution in [3.63, 3.8) is 0 Å². The summed E-state index contributed by atoms with van der Waals surface area (Å²) in [5, 5.41) is 3.00. The first-order chi connectivity index (χ1) is 9.27. The highest BCUT2D eigenvalue weighted by atomic mass is 32.2. The molecule has 106 valence electrons. The van der Waals surface area contributed by atoms with Crippen molar-refractivity contribution >= 4 is 23.4 Å². The number of hydrogen-bond acceptors (Lipinski definition) is 2. The van der Waals surface area contributed by atoms with Crippen LogP contribution in [0.25, 0.3) is 0 Å². The fourth-order valence-electron chi connectivity index (χ4n) is 2.03. The zero-order chi connectivity index (χ0) is 13.9. The Morgan fingerprint density at radius 2 is 1.79 bits per heavy atom. The van der Waals surface area contributed by atoms with Gasteiger partial charge in [-0.3, -0.25) is 4.79 Å². The molecule has 0 unspecified atom stereocenters. The molecule has 0 bridgehead atoms. The molecule has 1 aromatic carbocycles. The molecule has 0 saturated heterocycles. The molecule has 1 aromatic rings. The largest absolute Gasteiger partial charge is 0.325 e. The van der Waals surface area contributed by atoms with Crippen LogP contribution in [0.15, 0.2) is 29.2 Å². The third-order valence-corrected chi connectivity index (χ3v) is 3.93. The second-order valence-electron chi connectivity index (χ2n) is 4.77. The Labute approximate surface area is 121 Å². The number of benzene rings is 1. The minimum atomic E-state index is 0.136. The van der Waals surface area contributed by atoms with E-state index >= 15 is 0 Å². The van der Waals surface area contributed by atoms with E-state index in [0.717, 1.165) is 23.4 Å². The van der Waals surface area contributed by atoms with Crippen LogP contribution in [0.5, 0.6) is 0 Å². The van der Waals surface area contributed by atoms with Crippen molar-refractivity contribution < 1.29 is 4.79 Å². The van der Waals surface area contributed by atoms with E-state index in [-0.39, 0.29) is 5.91 Å². The molecule has 0 aromatic heterocycles. The number of nitrogens with one attached hydrogen (secondary N) is 1. The molecule has 2 nitrogen and oxygen atoms in total. The summed E-state index contributed by atoms with van der Waals surface area (Å²) in [6, 6.07) is 7.95. The van der Waals surface area contributed by atoms with Crippen LogP contribution in [0.3, 0.4) is 0 Å². The first-order valence-corrected chi connectivity index (χ1v) is 8.43. The zero-order valence-corrected chi connectivity index (χ0v) is 12.9. The van der Waals surface area contributed by atoms with Crippen molar-refractivity contribution in [2.45, 2.75) is 56.8 Å². The molecule has 0 saturated carbocycles. The van der Waals surface area contributed by atoms with Crippen molar-refractivity contribution in [2.24, 2.45) is 0 Å². The maximum atomic E-state index is 11.8. The van der Waals surface area contributed by atoms with Crippen molar-refractivity contribution in [2.75, 3.05) is 11.6 Å². The lowest BCUT2D eigenvalue weighted by Gasteiger charge is -2.09. The lowest BCUT2D eigenvalue weighted by atomic mass is 10.1. The summed E-state index contributed by atoms with van der Waals surface area (Å²) in [7, 11) is 0. The van der Waals surface area contributed by atoms with E-state index in [1.807, 2.05) is 30.5 Å². The summed E-state index contributed by atoms with van der Waals surface area (Å²) in [5.74, 6) is 0.136. The Kier molecular flexibility index (Phi) is 8.39. The topological polar surface area (TPSA) is 29.1 Å². The fraction of sp³-hybridized carbons (Fsp3) is 0.562. The van der Waals surface area contributed by atoms with E-state index in [4.69, 9.17) is 0 Å². The summed E-state index contributed by atoms with van der Waals surface area (Å²) in [6.45, 7) is 2.22. The minimum absolute atomic E-state index is 0.136. The molecule has 0 fully saturated rings. The number of hydrogen-bond donors (Lipinski definition) is 1. The van der Waals surface area contributed by atoms with Gasteiger partial charge in [0.15, 0.2) is 0 Å². The average Bonchev–Trinajstić information content (AvgIpc) is 2.43. The third kappa shape index (κ3) is 6.67. The van der Waals surface area contributed by atoms with Gasteiger partial charge in [-0.25, -0.2) is 0 Å². The molecule has 3 heteroatoms. The smallest absolute Gasteiger partial charge is 0.224 e. The molecule has 0 aliphatic carbocycles. The molecule has 1 amide bonds. The lowest BCUT2D eigenvalue weighted by molar-refractivity contribution is -0.116. The van der Waals surface area contributed by atoms with E-state index < -0.39 is 0 Å². The summed E-state index contributed by atoms with van der Waals surface area (Å²) >= 11 is 1.66. The highest BCUT2D eigenvalue weighted by Crippen LogP contribution is 2.24. The van der Waals surface area contributed by atoms with Crippen LogP contribution in [-0.2, 0) is 4.79 Å². The van der Waals surface area contributed by atoms with Gasteiger partial charge >= 0.3 is 0 Å². The quantitative estimate of drug-likeness (QED) is 0.503. The van der Waals surface area contributed by atoms with Crippen molar-refractivity contribution in [3.8, 4) is 0 Å². The predicted molar refractivity (Wildman–Crippen MR) is 84.8 cm³/mol. The van der Waals surface area contributed by atoms with Crippen LogP contribution < -0.4 is 5.32 Å². The minimum Gasteiger partial charge on any atom is -0.325 e. The maximum Gasteiger partial charge on any atom is 0.224 e. The van der Waals surface area contributed by atoms with E-state index in [0.29, 0.717) is 6.42 Å². The van der Waals surface area contributed by atoms with Crippen molar-refractivity contribution in [1.29, 1.82) is 0 Å². The Balaban J connectivity index is 2.23. The summed E-state index contributed by atoms with van der Waals surface area (Å²) in [4.78, 5) is 13.0. The van der Waals surface area contributed by atoms with Gasteiger partial charge in [0.2, 0.25) is 5.91 Å². The fourth-order valence-corrected chi connectivity index (χ4v) is 2.58. The molecule has 0 aliphatic heterocycles. The number of para-hydroxylation sites is 1. The van der Waals surface area contributed by atoms with Crippen LogP contribution in [0, 0.1) is 0 Å². The molecule has 1 N–H and O–H groups in total. The van der Waals surface area contributed by atoms with Crippen molar-refractivity contribution in [1.82, 2.24) is 0 Å². The lowest BCUT2D eigenvalue weighted by Crippen LogP contribution is -2.11. The summed E-state index contributed by atoms with van der Waals surface area (Å²) < 4.78 is 0. The Hall–Kier alpha value is -0.960. The van der Waals surface area contributed by atoms with Crippen LogP contribution >= 0.6 is 11.8 Å². The molecule has 1 rings (SSSR count). The van der Waals surface area contributed by atoms with Gasteiger partial charge < -0.3 is 5.32 Å². The Bertz CT molecular complexity index is 379. The van der Waals surface area contributed by atoms with E-state index in [1.165, 1.54) is 25.7 Å². The third-order valence-electron chi connectivity index (χ3n) is 3.14. The molecule has 0 heterocycles. The predicted octanol–water partition coefficient (Wildman–Crippen LogP) is 5.10. The molecular weight excluding hydrogens is 254 g/mol. The maximum absolute atomic E-state index is 11.8. The van der Waals surface area contributed by atoms with Gasteiger partial charge in [0, 0.05) is 11.3 Å². The van der Waals surface area contributed by atoms with E-state index in [9.17, 15) is 4.79 Å². The monoisotopic (exact) mass is 279 g/mol. The highest BCUT2D eigenvalue weighted by molar-refractivity contribution is 7.98. The van der Waals surface area contributed by atoms with Crippen LogP contribution in [0.1, 0.15) is 51.9 Å². The van der Waals surface area contributed by atoms with Gasteiger partial charge in [0.05, 0.1) is 5.69 Å². The Morgan fingerprint density at radius 1 is 1.11 bits per heavy atom. The van der Waals surface area contributed by atoms with Gasteiger partial charge in [-0.1, -0.05) is 51.2 Å². The van der Waals surface area contributed by atoms with Gasteiger partial charge in [0.1, 0.15) is 0 Å². The zero-order valence-electron chi connectivity index (χ0n) is 12.1. The molecule has 0 atom stereocenters. The normalized spacial score (nSPS) is 10.4. The van der Waals surface area contributed by atoms with Gasteiger partial charge in [0.25, 0.3) is 0 Å². The van der Waals surface area contributed by atoms with Gasteiger partial charge in [-0.05, 0) is 24.8 Å². The molecule has 0 spiro atoms. The average molecular weight is 279 g/mol. The number of unbranched alkanes of at least 4 members (excludes halogenated alkanes) is 5. The Morgan fingerprint density at radius 3 is 2.53 bits per heavy atom. The first-order valence-electron chi connectivity index (χ1n) is 7.20. The molecular formula is C16H25NOS. The number of rotatable bonds is 9. The second kappa shape index (κ2) is 9.90. The molecule has 0 aliphatic rings. The number of anilines is 1. The standard InChI is InChI=1S/C16H25NOS/c1-3-4-5-6-7-8-13-16(18)17-14-11-9-10-12-15(14)19-2/h9-12H,3-8,13H2,1-2H3,(H,17,18). The number of carbonyl (C=O) groups excluding carboxylic acids is 1. The van der Waals surface area contributed by atoms with Crippen LogP contribution in [-0.4, -0.2) is 12.2 Å². The number of thioether (sulfide) groups is 1. The highest BCUT2D eigenvalue weighted by Gasteiger charge is 2.05. The summed E-state index contributed by atoms with van der Waals surface area (Å²) in [6.07, 6.45) is 9.96. The number of carbonyl (C=O) groups is 1. The molecule has 0 radical (unpaired) electrons. The van der Waals surface area contributed by atoms with Gasteiger partial charge in [-0.2, -0.15) is 0 Å². The van der Waals surface area contributed by atoms with E-state index in [1.54, 1.807) is 11.8 Å². The van der Waals surface area contributed by atoms with Crippen molar-refractivity contribution in [3.05, 3.63) is 24.3 Å². The van der Waals surface area contributed by atoms with Crippen LogP contribution in [0.4, 0.5) is 5.69 Å². The van der Waals surface area contributed by atoms with Gasteiger partial charge in [-0.15, -0.1) is 11.8 Å². The second-order valence-corrected chi connectivity index (χ2v) is 5.61. The molecule has 19 heavy (non-hydrogen) atoms. The first kappa shape index (κ1) is 16.1. The van der Waals surface area contributed by atoms with E-state index in [2.05, 4.69) is 12.2 Å². The summed E-state index contributed by atoms with van der Waals surface area (Å²) in [5.41, 5.74) is 0.936. The SMILES string of the molecule is CCCCCCCCC(=O)Nc1ccccc1SC. The van der Waals surface area contributed by atoms with Crippen LogP contribution in [0.2, 0.25) is 0 Å².